The van der Waals surface area contributed by atoms with Crippen molar-refractivity contribution in [2.24, 2.45) is 16.6 Å². The molecule has 82 valence electrons. The number of imide groups is 1. The van der Waals surface area contributed by atoms with Crippen LogP contribution in [0.5, 0.6) is 0 Å². The van der Waals surface area contributed by atoms with Crippen molar-refractivity contribution in [3.05, 3.63) is 0 Å². The minimum atomic E-state index is -0.437. The molecular weight excluding hydrogens is 194 g/mol. The summed E-state index contributed by atoms with van der Waals surface area (Å²) in [6, 6.07) is -0.437. The molecule has 5 nitrogen and oxygen atoms in total. The first-order valence-corrected chi connectivity index (χ1v) is 5.23. The van der Waals surface area contributed by atoms with E-state index < -0.39 is 6.04 Å². The number of hydrogen-bond donors (Lipinski definition) is 1. The number of amides is 2. The Morgan fingerprint density at radius 3 is 2.67 bits per heavy atom. The molecule has 1 unspecified atom stereocenters. The van der Waals surface area contributed by atoms with Crippen molar-refractivity contribution >= 4 is 17.6 Å². The first-order chi connectivity index (χ1) is 7.09. The zero-order chi connectivity index (χ0) is 11.0. The number of hydrogen-bond acceptors (Lipinski definition) is 3. The molecule has 1 heterocycles. The summed E-state index contributed by atoms with van der Waals surface area (Å²) < 4.78 is 0. The molecule has 2 amide bonds. The van der Waals surface area contributed by atoms with Gasteiger partial charge in [-0.3, -0.25) is 19.5 Å². The monoisotopic (exact) mass is 209 g/mol. The van der Waals surface area contributed by atoms with Gasteiger partial charge in [0.1, 0.15) is 6.04 Å². The zero-order valence-corrected chi connectivity index (χ0v) is 8.77. The van der Waals surface area contributed by atoms with Crippen LogP contribution in [-0.2, 0) is 9.59 Å². The number of aliphatic imine (C=N–C) groups is 1. The van der Waals surface area contributed by atoms with Gasteiger partial charge in [-0.25, -0.2) is 0 Å². The van der Waals surface area contributed by atoms with Crippen LogP contribution in [0.2, 0.25) is 0 Å². The van der Waals surface area contributed by atoms with E-state index in [-0.39, 0.29) is 11.8 Å². The van der Waals surface area contributed by atoms with Gasteiger partial charge < -0.3 is 5.73 Å². The number of rotatable bonds is 2. The fourth-order valence-electron chi connectivity index (χ4n) is 1.68. The predicted octanol–water partition coefficient (Wildman–Crippen LogP) is -0.0990. The van der Waals surface area contributed by atoms with Crippen LogP contribution in [0.3, 0.4) is 0 Å². The third-order valence-electron chi connectivity index (χ3n) is 2.92. The van der Waals surface area contributed by atoms with Gasteiger partial charge in [0.25, 0.3) is 5.91 Å². The molecule has 2 rings (SSSR count). The zero-order valence-electron chi connectivity index (χ0n) is 8.77. The maximum Gasteiger partial charge on any atom is 0.253 e. The number of carbonyl (C=O) groups is 2. The van der Waals surface area contributed by atoms with Crippen molar-refractivity contribution < 1.29 is 9.59 Å². The van der Waals surface area contributed by atoms with Crippen molar-refractivity contribution in [3.63, 3.8) is 0 Å². The van der Waals surface area contributed by atoms with Crippen molar-refractivity contribution in [2.45, 2.75) is 31.7 Å². The Bertz CT molecular complexity index is 334. The Balaban J connectivity index is 2.06. The minimum absolute atomic E-state index is 0.128. The Labute approximate surface area is 88.3 Å². The fraction of sp³-hybridized carbons (Fsp3) is 0.700. The second-order valence-electron chi connectivity index (χ2n) is 4.17. The average Bonchev–Trinajstić information content (AvgIpc) is 3.02. The molecule has 0 spiro atoms. The molecule has 0 aromatic heterocycles. The molecule has 15 heavy (non-hydrogen) atoms. The topological polar surface area (TPSA) is 75.8 Å². The number of likely N-dealkylation sites (tertiary alicyclic amines) is 1. The maximum absolute atomic E-state index is 11.7. The van der Waals surface area contributed by atoms with Crippen LogP contribution in [0.1, 0.15) is 25.7 Å². The Hall–Kier alpha value is -1.39. The molecule has 2 fully saturated rings. The van der Waals surface area contributed by atoms with E-state index in [4.69, 9.17) is 5.73 Å². The van der Waals surface area contributed by atoms with E-state index in [1.165, 1.54) is 7.05 Å². The highest BCUT2D eigenvalue weighted by molar-refractivity contribution is 6.01. The van der Waals surface area contributed by atoms with Crippen LogP contribution in [0.15, 0.2) is 4.99 Å². The molecule has 0 radical (unpaired) electrons. The van der Waals surface area contributed by atoms with Crippen LogP contribution in [0.25, 0.3) is 0 Å². The van der Waals surface area contributed by atoms with Crippen LogP contribution < -0.4 is 5.73 Å². The van der Waals surface area contributed by atoms with E-state index in [0.29, 0.717) is 24.6 Å². The minimum Gasteiger partial charge on any atom is -0.387 e. The van der Waals surface area contributed by atoms with Crippen LogP contribution in [-0.4, -0.2) is 35.6 Å². The lowest BCUT2D eigenvalue weighted by Gasteiger charge is -2.25. The van der Waals surface area contributed by atoms with Crippen molar-refractivity contribution in [2.75, 3.05) is 7.05 Å². The summed E-state index contributed by atoms with van der Waals surface area (Å²) in [6.45, 7) is 0. The highest BCUT2D eigenvalue weighted by Crippen LogP contribution is 2.29. The second kappa shape index (κ2) is 3.64. The summed E-state index contributed by atoms with van der Waals surface area (Å²) in [5, 5.41) is 0. The van der Waals surface area contributed by atoms with Gasteiger partial charge >= 0.3 is 0 Å². The molecule has 0 aromatic carbocycles. The molecule has 1 aliphatic heterocycles. The third-order valence-corrected chi connectivity index (χ3v) is 2.92. The summed E-state index contributed by atoms with van der Waals surface area (Å²) >= 11 is 0. The summed E-state index contributed by atoms with van der Waals surface area (Å²) in [5.74, 6) is 0.600. The van der Waals surface area contributed by atoms with E-state index in [2.05, 4.69) is 4.99 Å². The SMILES string of the molecule is CN1C(=O)CCC(N=C(N)C2CC2)C1=O. The standard InChI is InChI=1S/C10H15N3O2/c1-13-8(14)5-4-7(10(13)15)12-9(11)6-2-3-6/h6-7H,2-5H2,1H3,(H2,11,12). The van der Waals surface area contributed by atoms with E-state index in [0.717, 1.165) is 17.7 Å². The van der Waals surface area contributed by atoms with Gasteiger partial charge in [0, 0.05) is 19.4 Å². The summed E-state index contributed by atoms with van der Waals surface area (Å²) in [5.41, 5.74) is 5.75. The smallest absolute Gasteiger partial charge is 0.253 e. The van der Waals surface area contributed by atoms with Gasteiger partial charge in [0.15, 0.2) is 0 Å². The molecule has 1 saturated heterocycles. The van der Waals surface area contributed by atoms with E-state index >= 15 is 0 Å². The Morgan fingerprint density at radius 2 is 2.07 bits per heavy atom. The summed E-state index contributed by atoms with van der Waals surface area (Å²) in [4.78, 5) is 28.2. The van der Waals surface area contributed by atoms with Crippen molar-refractivity contribution in [1.29, 1.82) is 0 Å². The Kier molecular flexibility index (Phi) is 2.46. The molecule has 1 aliphatic carbocycles. The normalized spacial score (nSPS) is 28.5. The largest absolute Gasteiger partial charge is 0.387 e. The van der Waals surface area contributed by atoms with Gasteiger partial charge in [-0.15, -0.1) is 0 Å². The van der Waals surface area contributed by atoms with Gasteiger partial charge in [-0.1, -0.05) is 0 Å². The number of likely N-dealkylation sites (N-methyl/N-ethyl adjacent to an activating group) is 1. The number of carbonyl (C=O) groups excluding carboxylic acids is 2. The Morgan fingerprint density at radius 1 is 1.40 bits per heavy atom. The van der Waals surface area contributed by atoms with Gasteiger partial charge in [0.05, 0.1) is 5.84 Å². The lowest BCUT2D eigenvalue weighted by molar-refractivity contribution is -0.147. The van der Waals surface area contributed by atoms with E-state index in [1.54, 1.807) is 0 Å². The van der Waals surface area contributed by atoms with Crippen LogP contribution in [0, 0.1) is 5.92 Å². The van der Waals surface area contributed by atoms with Crippen LogP contribution >= 0.6 is 0 Å². The third kappa shape index (κ3) is 2.00. The number of nitrogens with zero attached hydrogens (tertiary/aromatic N) is 2. The molecule has 2 aliphatic rings. The summed E-state index contributed by atoms with van der Waals surface area (Å²) in [7, 11) is 1.50. The average molecular weight is 209 g/mol. The summed E-state index contributed by atoms with van der Waals surface area (Å²) in [6.07, 6.45) is 3.03. The molecule has 5 heteroatoms. The molecule has 1 saturated carbocycles. The molecular formula is C10H15N3O2. The first kappa shape index (κ1) is 10.1. The van der Waals surface area contributed by atoms with Crippen molar-refractivity contribution in [1.82, 2.24) is 4.90 Å². The molecule has 0 aromatic rings. The van der Waals surface area contributed by atoms with Gasteiger partial charge in [-0.2, -0.15) is 0 Å². The quantitative estimate of drug-likeness (QED) is 0.392. The van der Waals surface area contributed by atoms with E-state index in [1.807, 2.05) is 0 Å². The highest BCUT2D eigenvalue weighted by Gasteiger charge is 2.33. The molecule has 2 N–H and O–H groups in total. The molecule has 0 bridgehead atoms. The molecule has 1 atom stereocenters. The van der Waals surface area contributed by atoms with Crippen molar-refractivity contribution in [3.8, 4) is 0 Å². The predicted molar refractivity (Wildman–Crippen MR) is 55.1 cm³/mol. The highest BCUT2D eigenvalue weighted by atomic mass is 16.2. The van der Waals surface area contributed by atoms with Gasteiger partial charge in [-0.05, 0) is 19.3 Å². The number of nitrogens with two attached hydrogens (primary N) is 1. The first-order valence-electron chi connectivity index (χ1n) is 5.23. The number of amidine groups is 1. The van der Waals surface area contributed by atoms with Crippen LogP contribution in [0.4, 0.5) is 0 Å². The maximum atomic E-state index is 11.7. The lowest BCUT2D eigenvalue weighted by atomic mass is 10.1. The number of piperidine rings is 1. The van der Waals surface area contributed by atoms with Gasteiger partial charge in [0.2, 0.25) is 5.91 Å². The van der Waals surface area contributed by atoms with E-state index in [9.17, 15) is 9.59 Å². The second-order valence-corrected chi connectivity index (χ2v) is 4.17. The fourth-order valence-corrected chi connectivity index (χ4v) is 1.68. The lowest BCUT2D eigenvalue weighted by Crippen LogP contribution is -2.45.